The zero-order chi connectivity index (χ0) is 22.2. The van der Waals surface area contributed by atoms with E-state index < -0.39 is 33.0 Å². The SMILES string of the molecule is Cc1cc(C)c(-c2c(O)cc(C(C)CS(=O)(=O)c3cccc(F)c3)oc2=O)c(C)c1. The van der Waals surface area contributed by atoms with Crippen molar-refractivity contribution in [2.75, 3.05) is 5.75 Å². The van der Waals surface area contributed by atoms with Crippen molar-refractivity contribution in [1.29, 1.82) is 0 Å². The van der Waals surface area contributed by atoms with E-state index in [1.807, 2.05) is 32.9 Å². The molecule has 5 nitrogen and oxygen atoms in total. The summed E-state index contributed by atoms with van der Waals surface area (Å²) in [4.78, 5) is 12.6. The first kappa shape index (κ1) is 21.8. The molecule has 0 aliphatic heterocycles. The summed E-state index contributed by atoms with van der Waals surface area (Å²) in [6, 6.07) is 9.83. The van der Waals surface area contributed by atoms with Crippen molar-refractivity contribution in [3.05, 3.63) is 81.2 Å². The Morgan fingerprint density at radius 3 is 2.23 bits per heavy atom. The van der Waals surface area contributed by atoms with Crippen molar-refractivity contribution in [1.82, 2.24) is 0 Å². The van der Waals surface area contributed by atoms with Gasteiger partial charge in [0.25, 0.3) is 0 Å². The van der Waals surface area contributed by atoms with Crippen LogP contribution in [0.5, 0.6) is 5.75 Å². The van der Waals surface area contributed by atoms with Gasteiger partial charge in [-0.15, -0.1) is 0 Å². The highest BCUT2D eigenvalue weighted by molar-refractivity contribution is 7.91. The average Bonchev–Trinajstić information content (AvgIpc) is 2.62. The van der Waals surface area contributed by atoms with Crippen LogP contribution in [-0.4, -0.2) is 19.3 Å². The van der Waals surface area contributed by atoms with Crippen LogP contribution in [0.25, 0.3) is 11.1 Å². The molecule has 1 heterocycles. The summed E-state index contributed by atoms with van der Waals surface area (Å²) in [5.74, 6) is -2.01. The van der Waals surface area contributed by atoms with Crippen molar-refractivity contribution < 1.29 is 22.3 Å². The lowest BCUT2D eigenvalue weighted by Gasteiger charge is -2.15. The van der Waals surface area contributed by atoms with Crippen molar-refractivity contribution >= 4 is 9.84 Å². The highest BCUT2D eigenvalue weighted by Crippen LogP contribution is 2.34. The largest absolute Gasteiger partial charge is 0.507 e. The van der Waals surface area contributed by atoms with Gasteiger partial charge in [-0.2, -0.15) is 0 Å². The van der Waals surface area contributed by atoms with Crippen LogP contribution < -0.4 is 5.63 Å². The quantitative estimate of drug-likeness (QED) is 0.637. The highest BCUT2D eigenvalue weighted by atomic mass is 32.2. The molecule has 1 atom stereocenters. The van der Waals surface area contributed by atoms with Crippen LogP contribution in [0.4, 0.5) is 4.39 Å². The topological polar surface area (TPSA) is 84.6 Å². The molecule has 0 amide bonds. The van der Waals surface area contributed by atoms with Gasteiger partial charge in [-0.1, -0.05) is 30.7 Å². The van der Waals surface area contributed by atoms with Gasteiger partial charge < -0.3 is 9.52 Å². The minimum Gasteiger partial charge on any atom is -0.507 e. The summed E-state index contributed by atoms with van der Waals surface area (Å²) in [5.41, 5.74) is 2.59. The van der Waals surface area contributed by atoms with Gasteiger partial charge in [0.05, 0.1) is 10.6 Å². The predicted octanol–water partition coefficient (Wildman–Crippen LogP) is 4.65. The van der Waals surface area contributed by atoms with E-state index in [9.17, 15) is 22.7 Å². The molecule has 0 saturated heterocycles. The molecule has 3 rings (SSSR count). The van der Waals surface area contributed by atoms with Crippen molar-refractivity contribution in [2.24, 2.45) is 0 Å². The average molecular weight is 430 g/mol. The number of hydrogen-bond acceptors (Lipinski definition) is 5. The van der Waals surface area contributed by atoms with Crippen LogP contribution in [0.15, 0.2) is 56.6 Å². The lowest BCUT2D eigenvalue weighted by atomic mass is 9.94. The van der Waals surface area contributed by atoms with Gasteiger partial charge in [0, 0.05) is 12.0 Å². The molecule has 0 spiro atoms. The number of halogens is 1. The van der Waals surface area contributed by atoms with Gasteiger partial charge in [0.1, 0.15) is 22.9 Å². The first-order valence-electron chi connectivity index (χ1n) is 9.43. The summed E-state index contributed by atoms with van der Waals surface area (Å²) < 4.78 is 44.0. The molecule has 0 saturated carbocycles. The van der Waals surface area contributed by atoms with Gasteiger partial charge in [0.2, 0.25) is 0 Å². The summed E-state index contributed by atoms with van der Waals surface area (Å²) in [7, 11) is -3.82. The Kier molecular flexibility index (Phi) is 5.85. The standard InChI is InChI=1S/C23H23FO5S/c1-13-8-14(2)21(15(3)9-13)22-19(25)11-20(29-23(22)26)16(4)12-30(27,28)18-7-5-6-17(24)10-18/h5-11,16,25H,12H2,1-4H3. The minimum atomic E-state index is -3.82. The molecule has 158 valence electrons. The van der Waals surface area contributed by atoms with Crippen molar-refractivity contribution in [3.63, 3.8) is 0 Å². The Labute approximate surface area is 174 Å². The van der Waals surface area contributed by atoms with E-state index >= 15 is 0 Å². The molecule has 3 aromatic rings. The molecule has 0 radical (unpaired) electrons. The lowest BCUT2D eigenvalue weighted by Crippen LogP contribution is -2.15. The molecule has 0 aliphatic carbocycles. The van der Waals surface area contributed by atoms with E-state index in [4.69, 9.17) is 4.42 Å². The van der Waals surface area contributed by atoms with E-state index in [1.165, 1.54) is 18.2 Å². The third-order valence-electron chi connectivity index (χ3n) is 4.99. The van der Waals surface area contributed by atoms with Crippen LogP contribution in [-0.2, 0) is 9.84 Å². The van der Waals surface area contributed by atoms with E-state index in [1.54, 1.807) is 6.92 Å². The summed E-state index contributed by atoms with van der Waals surface area (Å²) in [5, 5.41) is 10.6. The molecule has 1 N–H and O–H groups in total. The third-order valence-corrected chi connectivity index (χ3v) is 6.90. The Morgan fingerprint density at radius 1 is 1.03 bits per heavy atom. The van der Waals surface area contributed by atoms with Crippen molar-refractivity contribution in [3.8, 4) is 16.9 Å². The van der Waals surface area contributed by atoms with Crippen LogP contribution in [0.1, 0.15) is 35.3 Å². The smallest absolute Gasteiger partial charge is 0.347 e. The van der Waals surface area contributed by atoms with Crippen LogP contribution in [0.3, 0.4) is 0 Å². The Hall–Kier alpha value is -2.93. The number of hydrogen-bond donors (Lipinski definition) is 1. The van der Waals surface area contributed by atoms with Crippen LogP contribution in [0.2, 0.25) is 0 Å². The zero-order valence-electron chi connectivity index (χ0n) is 17.2. The molecular formula is C23H23FO5S. The zero-order valence-corrected chi connectivity index (χ0v) is 18.0. The van der Waals surface area contributed by atoms with Gasteiger partial charge in [0.15, 0.2) is 9.84 Å². The number of sulfone groups is 1. The van der Waals surface area contributed by atoms with E-state index in [-0.39, 0.29) is 22.0 Å². The fourth-order valence-electron chi connectivity index (χ4n) is 3.71. The van der Waals surface area contributed by atoms with Crippen LogP contribution >= 0.6 is 0 Å². The van der Waals surface area contributed by atoms with Gasteiger partial charge >= 0.3 is 5.63 Å². The number of rotatable bonds is 5. The van der Waals surface area contributed by atoms with Gasteiger partial charge in [-0.25, -0.2) is 17.6 Å². The molecule has 0 fully saturated rings. The number of aromatic hydroxyl groups is 1. The molecule has 2 aromatic carbocycles. The summed E-state index contributed by atoms with van der Waals surface area (Å²) in [6.45, 7) is 7.19. The van der Waals surface area contributed by atoms with E-state index in [0.29, 0.717) is 5.56 Å². The molecule has 1 aromatic heterocycles. The lowest BCUT2D eigenvalue weighted by molar-refractivity contribution is 0.414. The maximum Gasteiger partial charge on any atom is 0.347 e. The first-order valence-corrected chi connectivity index (χ1v) is 11.1. The fourth-order valence-corrected chi connectivity index (χ4v) is 5.31. The Balaban J connectivity index is 1.99. The summed E-state index contributed by atoms with van der Waals surface area (Å²) >= 11 is 0. The normalized spacial score (nSPS) is 12.7. The number of benzene rings is 2. The molecule has 30 heavy (non-hydrogen) atoms. The fraction of sp³-hybridized carbons (Fsp3) is 0.261. The molecule has 1 unspecified atom stereocenters. The predicted molar refractivity (Wildman–Crippen MR) is 113 cm³/mol. The second-order valence-electron chi connectivity index (χ2n) is 7.61. The van der Waals surface area contributed by atoms with Crippen molar-refractivity contribution in [2.45, 2.75) is 38.5 Å². The first-order chi connectivity index (χ1) is 14.0. The van der Waals surface area contributed by atoms with E-state index in [2.05, 4.69) is 0 Å². The number of aryl methyl sites for hydroxylation is 3. The molecule has 7 heteroatoms. The van der Waals surface area contributed by atoms with E-state index in [0.717, 1.165) is 28.8 Å². The third kappa shape index (κ3) is 4.31. The Bertz CT molecular complexity index is 1250. The Morgan fingerprint density at radius 2 is 1.67 bits per heavy atom. The molecule has 0 bridgehead atoms. The van der Waals surface area contributed by atoms with Crippen LogP contribution in [0, 0.1) is 26.6 Å². The molecular weight excluding hydrogens is 407 g/mol. The highest BCUT2D eigenvalue weighted by Gasteiger charge is 2.24. The minimum absolute atomic E-state index is 0.0450. The molecule has 0 aliphatic rings. The van der Waals surface area contributed by atoms with Gasteiger partial charge in [-0.05, 0) is 55.7 Å². The monoisotopic (exact) mass is 430 g/mol. The second kappa shape index (κ2) is 8.07. The summed E-state index contributed by atoms with van der Waals surface area (Å²) in [6.07, 6.45) is 0. The maximum absolute atomic E-state index is 13.4. The van der Waals surface area contributed by atoms with Gasteiger partial charge in [-0.3, -0.25) is 0 Å². The second-order valence-corrected chi connectivity index (χ2v) is 9.64. The maximum atomic E-state index is 13.4.